The van der Waals surface area contributed by atoms with Crippen molar-refractivity contribution < 1.29 is 9.47 Å². The van der Waals surface area contributed by atoms with E-state index in [9.17, 15) is 0 Å². The van der Waals surface area contributed by atoms with Gasteiger partial charge in [-0.05, 0) is 12.8 Å². The van der Waals surface area contributed by atoms with Crippen molar-refractivity contribution in [3.8, 4) is 0 Å². The molecule has 14 heavy (non-hydrogen) atoms. The van der Waals surface area contributed by atoms with Gasteiger partial charge in [0.2, 0.25) is 0 Å². The van der Waals surface area contributed by atoms with E-state index in [4.69, 9.17) is 20.9 Å². The third-order valence-corrected chi connectivity index (χ3v) is 2.16. The minimum atomic E-state index is 0. The van der Waals surface area contributed by atoms with Gasteiger partial charge in [0.15, 0.2) is 0 Å². The van der Waals surface area contributed by atoms with Gasteiger partial charge in [0.05, 0.1) is 12.2 Å². The molecule has 2 aliphatic carbocycles. The zero-order chi connectivity index (χ0) is 9.14. The normalized spacial score (nSPS) is 36.9. The first kappa shape index (κ1) is 16.8. The van der Waals surface area contributed by atoms with E-state index in [0.717, 1.165) is 12.8 Å². The van der Waals surface area contributed by atoms with Gasteiger partial charge in [0.25, 0.3) is 0 Å². The molecular weight excluding hydrogens is 227 g/mol. The van der Waals surface area contributed by atoms with Crippen LogP contribution in [0.3, 0.4) is 0 Å². The van der Waals surface area contributed by atoms with Crippen molar-refractivity contribution in [1.82, 2.24) is 0 Å². The number of hydrogen-bond acceptors (Lipinski definition) is 4. The van der Waals surface area contributed by atoms with E-state index in [0.29, 0.717) is 24.3 Å². The van der Waals surface area contributed by atoms with E-state index in [1.54, 1.807) is 14.2 Å². The second kappa shape index (κ2) is 7.68. The third kappa shape index (κ3) is 6.01. The van der Waals surface area contributed by atoms with Gasteiger partial charge in [0, 0.05) is 26.3 Å². The number of ether oxygens (including phenoxy) is 2. The maximum Gasteiger partial charge on any atom is 0.0738 e. The van der Waals surface area contributed by atoms with Gasteiger partial charge in [-0.2, -0.15) is 0 Å². The van der Waals surface area contributed by atoms with Crippen LogP contribution in [0.1, 0.15) is 12.8 Å². The molecule has 0 amide bonds. The van der Waals surface area contributed by atoms with Gasteiger partial charge in [-0.15, -0.1) is 24.8 Å². The lowest BCUT2D eigenvalue weighted by Gasteiger charge is -1.85. The largest absolute Gasteiger partial charge is 0.380 e. The molecule has 0 aromatic carbocycles. The van der Waals surface area contributed by atoms with Crippen LogP contribution in [0.4, 0.5) is 0 Å². The van der Waals surface area contributed by atoms with Gasteiger partial charge >= 0.3 is 0 Å². The zero-order valence-corrected chi connectivity index (χ0v) is 10.1. The van der Waals surface area contributed by atoms with E-state index < -0.39 is 0 Å². The van der Waals surface area contributed by atoms with Gasteiger partial charge in [0.1, 0.15) is 0 Å². The zero-order valence-electron chi connectivity index (χ0n) is 8.51. The number of methoxy groups -OCH3 is 2. The smallest absolute Gasteiger partial charge is 0.0738 e. The number of rotatable bonds is 2. The summed E-state index contributed by atoms with van der Waals surface area (Å²) < 4.78 is 9.70. The summed E-state index contributed by atoms with van der Waals surface area (Å²) in [5, 5.41) is 0. The molecule has 0 aromatic heterocycles. The Balaban J connectivity index is 0. The maximum atomic E-state index is 5.35. The molecule has 0 heterocycles. The van der Waals surface area contributed by atoms with Crippen molar-refractivity contribution in [2.75, 3.05) is 14.2 Å². The Morgan fingerprint density at radius 1 is 0.857 bits per heavy atom. The molecule has 4 nitrogen and oxygen atoms in total. The van der Waals surface area contributed by atoms with E-state index in [1.165, 1.54) is 0 Å². The van der Waals surface area contributed by atoms with E-state index >= 15 is 0 Å². The Hall–Kier alpha value is 0.420. The lowest BCUT2D eigenvalue weighted by Crippen LogP contribution is -2.05. The van der Waals surface area contributed by atoms with Crippen molar-refractivity contribution in [1.29, 1.82) is 0 Å². The van der Waals surface area contributed by atoms with Crippen LogP contribution in [0.5, 0.6) is 0 Å². The Bertz CT molecular complexity index is 131. The highest BCUT2D eigenvalue weighted by Crippen LogP contribution is 2.20. The van der Waals surface area contributed by atoms with E-state index in [1.807, 2.05) is 0 Å². The molecule has 0 bridgehead atoms. The monoisotopic (exact) mass is 246 g/mol. The molecule has 0 spiro atoms. The lowest BCUT2D eigenvalue weighted by atomic mass is 10.7. The molecule has 4 N–H and O–H groups in total. The quantitative estimate of drug-likeness (QED) is 0.736. The Kier molecular flexibility index (Phi) is 9.23. The molecule has 6 heteroatoms. The Morgan fingerprint density at radius 2 is 1.07 bits per heavy atom. The van der Waals surface area contributed by atoms with Gasteiger partial charge in [-0.1, -0.05) is 0 Å². The first-order valence-corrected chi connectivity index (χ1v) is 4.25. The number of nitrogens with two attached hydrogens (primary N) is 2. The van der Waals surface area contributed by atoms with Crippen LogP contribution in [0.2, 0.25) is 0 Å². The van der Waals surface area contributed by atoms with Crippen molar-refractivity contribution in [3.05, 3.63) is 0 Å². The number of halogens is 2. The standard InChI is InChI=1S/2C4H9NO.2ClH/c2*1-6-4-2-3(4)5;;/h2*3-4H,2,5H2,1H3;2*1H/t2*3-,4+;;/m10../s1. The van der Waals surface area contributed by atoms with Crippen molar-refractivity contribution in [2.24, 2.45) is 11.5 Å². The van der Waals surface area contributed by atoms with Crippen LogP contribution in [0, 0.1) is 0 Å². The highest BCUT2D eigenvalue weighted by Gasteiger charge is 2.33. The van der Waals surface area contributed by atoms with Crippen LogP contribution in [-0.2, 0) is 9.47 Å². The van der Waals surface area contributed by atoms with Gasteiger partial charge in [-0.25, -0.2) is 0 Å². The summed E-state index contributed by atoms with van der Waals surface area (Å²) in [5.74, 6) is 0. The highest BCUT2D eigenvalue weighted by molar-refractivity contribution is 5.85. The summed E-state index contributed by atoms with van der Waals surface area (Å²) in [5.41, 5.74) is 10.7. The maximum absolute atomic E-state index is 5.35. The second-order valence-corrected chi connectivity index (χ2v) is 3.35. The first-order valence-electron chi connectivity index (χ1n) is 4.25. The Labute approximate surface area is 97.5 Å². The highest BCUT2D eigenvalue weighted by atomic mass is 35.5. The van der Waals surface area contributed by atoms with Crippen LogP contribution in [-0.4, -0.2) is 38.5 Å². The molecule has 2 aliphatic rings. The van der Waals surface area contributed by atoms with Gasteiger partial charge in [-0.3, -0.25) is 0 Å². The second-order valence-electron chi connectivity index (χ2n) is 3.35. The van der Waals surface area contributed by atoms with E-state index in [2.05, 4.69) is 0 Å². The van der Waals surface area contributed by atoms with Crippen LogP contribution in [0.25, 0.3) is 0 Å². The summed E-state index contributed by atoms with van der Waals surface area (Å²) in [6, 6.07) is 0.685. The Morgan fingerprint density at radius 3 is 1.07 bits per heavy atom. The SMILES string of the molecule is CO[C@@H]1C[C@@H]1N.CO[C@H]1C[C@H]1N.Cl.Cl. The molecule has 0 unspecified atom stereocenters. The first-order chi connectivity index (χ1) is 5.69. The lowest BCUT2D eigenvalue weighted by molar-refractivity contribution is 0.178. The minimum Gasteiger partial charge on any atom is -0.380 e. The summed E-state index contributed by atoms with van der Waals surface area (Å²) in [6.45, 7) is 0. The fourth-order valence-electron chi connectivity index (χ4n) is 0.921. The van der Waals surface area contributed by atoms with E-state index in [-0.39, 0.29) is 24.8 Å². The molecule has 88 valence electrons. The molecule has 0 aromatic rings. The minimum absolute atomic E-state index is 0. The van der Waals surface area contributed by atoms with Crippen LogP contribution in [0.15, 0.2) is 0 Å². The van der Waals surface area contributed by atoms with Gasteiger partial charge < -0.3 is 20.9 Å². The molecule has 2 fully saturated rings. The summed E-state index contributed by atoms with van der Waals surface area (Å²) in [6.07, 6.45) is 2.86. The van der Waals surface area contributed by atoms with Crippen LogP contribution < -0.4 is 11.5 Å². The average molecular weight is 247 g/mol. The summed E-state index contributed by atoms with van der Waals surface area (Å²) >= 11 is 0. The topological polar surface area (TPSA) is 70.5 Å². The molecule has 0 aliphatic heterocycles. The van der Waals surface area contributed by atoms with Crippen molar-refractivity contribution in [3.63, 3.8) is 0 Å². The van der Waals surface area contributed by atoms with Crippen molar-refractivity contribution >= 4 is 24.8 Å². The molecule has 0 saturated heterocycles. The fraction of sp³-hybridized carbons (Fsp3) is 1.00. The number of hydrogen-bond donors (Lipinski definition) is 2. The predicted molar refractivity (Wildman–Crippen MR) is 61.3 cm³/mol. The molecule has 2 rings (SSSR count). The van der Waals surface area contributed by atoms with Crippen molar-refractivity contribution in [2.45, 2.75) is 37.1 Å². The molecule has 4 atom stereocenters. The summed E-state index contributed by atoms with van der Waals surface area (Å²) in [7, 11) is 3.38. The average Bonchev–Trinajstić information content (AvgIpc) is 2.92. The fourth-order valence-corrected chi connectivity index (χ4v) is 0.921. The molecular formula is C8H20Cl2N2O2. The van der Waals surface area contributed by atoms with Crippen LogP contribution >= 0.6 is 24.8 Å². The molecule has 0 radical (unpaired) electrons. The predicted octanol–water partition coefficient (Wildman–Crippen LogP) is 0.308. The third-order valence-electron chi connectivity index (χ3n) is 2.16. The molecule has 2 saturated carbocycles. The summed E-state index contributed by atoms with van der Waals surface area (Å²) in [4.78, 5) is 0.